The predicted octanol–water partition coefficient (Wildman–Crippen LogP) is 3.95. The lowest BCUT2D eigenvalue weighted by Gasteiger charge is -2.45. The van der Waals surface area contributed by atoms with E-state index in [0.29, 0.717) is 18.8 Å². The van der Waals surface area contributed by atoms with E-state index in [1.165, 1.54) is 54.4 Å². The Morgan fingerprint density at radius 3 is 2.38 bits per heavy atom. The van der Waals surface area contributed by atoms with Gasteiger partial charge in [0, 0.05) is 57.1 Å². The Morgan fingerprint density at radius 1 is 1.09 bits per heavy atom. The third-order valence-corrected chi connectivity index (χ3v) is 7.31. The molecule has 1 amide bonds. The van der Waals surface area contributed by atoms with Gasteiger partial charge >= 0.3 is 6.03 Å². The molecule has 0 radical (unpaired) electrons. The maximum atomic E-state index is 12.8. The second kappa shape index (κ2) is 9.06. The van der Waals surface area contributed by atoms with Gasteiger partial charge in [-0.2, -0.15) is 9.78 Å². The van der Waals surface area contributed by atoms with Gasteiger partial charge in [0.15, 0.2) is 5.78 Å². The summed E-state index contributed by atoms with van der Waals surface area (Å²) in [6.07, 6.45) is 5.97. The smallest absolute Gasteiger partial charge is 0.344 e. The molecule has 172 valence electrons. The minimum absolute atomic E-state index is 0.0347. The molecule has 1 aromatic carbocycles. The van der Waals surface area contributed by atoms with Crippen molar-refractivity contribution < 1.29 is 9.59 Å². The van der Waals surface area contributed by atoms with E-state index >= 15 is 0 Å². The number of likely N-dealkylation sites (tertiary alicyclic amines) is 1. The molecule has 2 saturated heterocycles. The zero-order chi connectivity index (χ0) is 22.9. The van der Waals surface area contributed by atoms with Crippen LogP contribution in [0.25, 0.3) is 0 Å². The van der Waals surface area contributed by atoms with Crippen molar-refractivity contribution in [1.29, 1.82) is 0 Å². The number of aromatic nitrogens is 2. The van der Waals surface area contributed by atoms with E-state index in [0.717, 1.165) is 19.4 Å². The van der Waals surface area contributed by atoms with E-state index in [2.05, 4.69) is 54.0 Å². The minimum atomic E-state index is -0.157. The number of piperidine rings is 1. The number of nitrogens with zero attached hydrogens (tertiary/aromatic N) is 5. The molecular weight excluding hydrogens is 402 g/mol. The predicted molar refractivity (Wildman–Crippen MR) is 126 cm³/mol. The van der Waals surface area contributed by atoms with Gasteiger partial charge in [0.1, 0.15) is 5.69 Å². The summed E-state index contributed by atoms with van der Waals surface area (Å²) in [5.74, 6) is -0.131. The van der Waals surface area contributed by atoms with Crippen molar-refractivity contribution in [3.8, 4) is 0 Å². The van der Waals surface area contributed by atoms with Crippen molar-refractivity contribution in [2.24, 2.45) is 0 Å². The highest BCUT2D eigenvalue weighted by atomic mass is 16.2. The van der Waals surface area contributed by atoms with Crippen LogP contribution in [0.1, 0.15) is 61.1 Å². The normalized spacial score (nSPS) is 18.4. The number of carbonyl (C=O) groups excluding carboxylic acids is 2. The molecular formula is C25H35N5O2. The summed E-state index contributed by atoms with van der Waals surface area (Å²) in [5, 5.41) is 4.12. The van der Waals surface area contributed by atoms with Crippen molar-refractivity contribution in [2.45, 2.75) is 58.5 Å². The molecule has 32 heavy (non-hydrogen) atoms. The van der Waals surface area contributed by atoms with Crippen LogP contribution in [0.5, 0.6) is 0 Å². The van der Waals surface area contributed by atoms with Crippen LogP contribution in [0.2, 0.25) is 0 Å². The summed E-state index contributed by atoms with van der Waals surface area (Å²) in [7, 11) is 2.19. The first kappa shape index (κ1) is 22.5. The third kappa shape index (κ3) is 4.58. The number of aryl methyl sites for hydroxylation is 1. The van der Waals surface area contributed by atoms with Crippen molar-refractivity contribution in [3.05, 3.63) is 47.3 Å². The second-order valence-electron chi connectivity index (χ2n) is 9.64. The first-order chi connectivity index (χ1) is 15.3. The molecule has 0 aliphatic carbocycles. The molecule has 0 N–H and O–H groups in total. The molecule has 0 bridgehead atoms. The average molecular weight is 438 g/mol. The summed E-state index contributed by atoms with van der Waals surface area (Å²) in [6.45, 7) is 10.6. The zero-order valence-electron chi connectivity index (χ0n) is 19.8. The lowest BCUT2D eigenvalue weighted by atomic mass is 9.87. The fourth-order valence-electron chi connectivity index (χ4n) is 4.92. The van der Waals surface area contributed by atoms with Crippen LogP contribution in [0, 0.1) is 6.92 Å². The molecule has 2 aliphatic rings. The van der Waals surface area contributed by atoms with Gasteiger partial charge in [-0.25, -0.2) is 4.79 Å². The molecule has 7 nitrogen and oxygen atoms in total. The number of rotatable bonds is 5. The van der Waals surface area contributed by atoms with Gasteiger partial charge in [0.2, 0.25) is 0 Å². The van der Waals surface area contributed by atoms with Gasteiger partial charge in [0.05, 0.1) is 0 Å². The summed E-state index contributed by atoms with van der Waals surface area (Å²) in [6, 6.07) is 8.32. The maximum Gasteiger partial charge on any atom is 0.344 e. The Bertz CT molecular complexity index is 984. The fourth-order valence-corrected chi connectivity index (χ4v) is 4.92. The molecule has 1 aromatic heterocycles. The zero-order valence-corrected chi connectivity index (χ0v) is 19.8. The van der Waals surface area contributed by atoms with Crippen molar-refractivity contribution >= 4 is 17.5 Å². The summed E-state index contributed by atoms with van der Waals surface area (Å²) in [4.78, 5) is 31.0. The topological polar surface area (TPSA) is 61.7 Å². The van der Waals surface area contributed by atoms with Crippen LogP contribution in [0.3, 0.4) is 0 Å². The first-order valence-electron chi connectivity index (χ1n) is 11.7. The Kier molecular flexibility index (Phi) is 6.38. The van der Waals surface area contributed by atoms with E-state index in [1.54, 1.807) is 12.3 Å². The van der Waals surface area contributed by atoms with E-state index in [4.69, 9.17) is 0 Å². The summed E-state index contributed by atoms with van der Waals surface area (Å²) >= 11 is 0. The molecule has 0 unspecified atom stereocenters. The van der Waals surface area contributed by atoms with E-state index in [-0.39, 0.29) is 17.4 Å². The van der Waals surface area contributed by atoms with Gasteiger partial charge in [-0.05, 0) is 69.8 Å². The molecule has 2 aliphatic heterocycles. The molecule has 7 heteroatoms. The number of Topliss-reactive ketones (excluding diaryl/α,β-unsaturated/α-hetero) is 1. The summed E-state index contributed by atoms with van der Waals surface area (Å²) in [5.41, 5.74) is 4.42. The highest BCUT2D eigenvalue weighted by Gasteiger charge is 2.35. The standard InChI is InChI=1S/C25H35N5O2/c1-19-17-21(7-8-23(19)28-12-5-6-13-28)18-27(4)25(3)10-15-29(16-11-25)24(32)30-14-9-22(26-30)20(2)31/h7-9,14,17H,5-6,10-13,15-16,18H2,1-4H3. The first-order valence-corrected chi connectivity index (χ1v) is 11.7. The Balaban J connectivity index is 1.35. The molecule has 0 spiro atoms. The van der Waals surface area contributed by atoms with E-state index in [9.17, 15) is 9.59 Å². The number of amides is 1. The quantitative estimate of drug-likeness (QED) is 0.663. The number of carbonyl (C=O) groups is 2. The molecule has 0 atom stereocenters. The SMILES string of the molecule is CC(=O)c1ccn(C(=O)N2CCC(C)(N(C)Cc3ccc(N4CCCC4)c(C)c3)CC2)n1. The highest BCUT2D eigenvalue weighted by molar-refractivity contribution is 5.92. The Morgan fingerprint density at radius 2 is 1.78 bits per heavy atom. The number of anilines is 1. The lowest BCUT2D eigenvalue weighted by molar-refractivity contribution is 0.0585. The number of hydrogen-bond acceptors (Lipinski definition) is 5. The largest absolute Gasteiger partial charge is 0.371 e. The van der Waals surface area contributed by atoms with Crippen LogP contribution < -0.4 is 4.90 Å². The maximum absolute atomic E-state index is 12.8. The van der Waals surface area contributed by atoms with Gasteiger partial charge in [-0.15, -0.1) is 0 Å². The van der Waals surface area contributed by atoms with Crippen molar-refractivity contribution in [2.75, 3.05) is 38.1 Å². The van der Waals surface area contributed by atoms with Crippen LogP contribution in [0.4, 0.5) is 10.5 Å². The number of benzene rings is 1. The van der Waals surface area contributed by atoms with Gasteiger partial charge < -0.3 is 9.80 Å². The van der Waals surface area contributed by atoms with Gasteiger partial charge in [0.25, 0.3) is 0 Å². The van der Waals surface area contributed by atoms with Crippen molar-refractivity contribution in [1.82, 2.24) is 19.6 Å². The highest BCUT2D eigenvalue weighted by Crippen LogP contribution is 2.30. The summed E-state index contributed by atoms with van der Waals surface area (Å²) < 4.78 is 1.29. The van der Waals surface area contributed by atoms with E-state index < -0.39 is 0 Å². The molecule has 4 rings (SSSR count). The second-order valence-corrected chi connectivity index (χ2v) is 9.64. The molecule has 2 fully saturated rings. The Hall–Kier alpha value is -2.67. The fraction of sp³-hybridized carbons (Fsp3) is 0.560. The monoisotopic (exact) mass is 437 g/mol. The number of ketones is 1. The third-order valence-electron chi connectivity index (χ3n) is 7.31. The van der Waals surface area contributed by atoms with E-state index in [1.807, 2.05) is 4.90 Å². The van der Waals surface area contributed by atoms with Crippen LogP contribution in [-0.4, -0.2) is 70.2 Å². The van der Waals surface area contributed by atoms with Gasteiger partial charge in [-0.1, -0.05) is 12.1 Å². The molecule has 3 heterocycles. The molecule has 2 aromatic rings. The lowest BCUT2D eigenvalue weighted by Crippen LogP contribution is -2.53. The van der Waals surface area contributed by atoms with Crippen LogP contribution in [-0.2, 0) is 6.54 Å². The van der Waals surface area contributed by atoms with Crippen LogP contribution >= 0.6 is 0 Å². The molecule has 0 saturated carbocycles. The van der Waals surface area contributed by atoms with Gasteiger partial charge in [-0.3, -0.25) is 9.69 Å². The minimum Gasteiger partial charge on any atom is -0.371 e. The van der Waals surface area contributed by atoms with Crippen LogP contribution in [0.15, 0.2) is 30.5 Å². The number of hydrogen-bond donors (Lipinski definition) is 0. The average Bonchev–Trinajstić information content (AvgIpc) is 3.46. The van der Waals surface area contributed by atoms with Crippen molar-refractivity contribution in [3.63, 3.8) is 0 Å². The Labute approximate surface area is 191 Å².